The summed E-state index contributed by atoms with van der Waals surface area (Å²) in [5, 5.41) is 10.1. The molecule has 2 aromatic heterocycles. The third kappa shape index (κ3) is 3.69. The van der Waals surface area contributed by atoms with Crippen LogP contribution in [0.2, 0.25) is 0 Å². The molecule has 0 spiro atoms. The first-order valence-electron chi connectivity index (χ1n) is 11.9. The molecule has 5 rings (SSSR count). The lowest BCUT2D eigenvalue weighted by atomic mass is 9.78. The second-order valence-corrected chi connectivity index (χ2v) is 11.9. The van der Waals surface area contributed by atoms with Gasteiger partial charge >= 0.3 is 17.8 Å². The third-order valence-electron chi connectivity index (χ3n) is 7.44. The van der Waals surface area contributed by atoms with Crippen LogP contribution < -0.4 is 0 Å². The first-order valence-corrected chi connectivity index (χ1v) is 13.6. The predicted octanol–water partition coefficient (Wildman–Crippen LogP) is 9.35. The van der Waals surface area contributed by atoms with Crippen molar-refractivity contribution in [3.05, 3.63) is 92.7 Å². The lowest BCUT2D eigenvalue weighted by Gasteiger charge is -2.27. The van der Waals surface area contributed by atoms with Crippen LogP contribution >= 0.6 is 22.7 Å². The molecule has 0 radical (unpaired) electrons. The predicted molar refractivity (Wildman–Crippen MR) is 140 cm³/mol. The van der Waals surface area contributed by atoms with Gasteiger partial charge in [0.25, 0.3) is 0 Å². The molecule has 1 saturated carbocycles. The number of aliphatic hydroxyl groups is 1. The molecule has 2 atom stereocenters. The number of alkyl halides is 6. The summed E-state index contributed by atoms with van der Waals surface area (Å²) < 4.78 is 93.0. The van der Waals surface area contributed by atoms with Crippen LogP contribution in [0.15, 0.2) is 60.7 Å². The minimum absolute atomic E-state index is 0.0154. The number of hydrogen-bond donors (Lipinski definition) is 1. The Morgan fingerprint density at radius 1 is 0.658 bits per heavy atom. The zero-order chi connectivity index (χ0) is 27.6. The zero-order valence-electron chi connectivity index (χ0n) is 20.7. The summed E-state index contributed by atoms with van der Waals surface area (Å²) in [7, 11) is 0. The Morgan fingerprint density at radius 2 is 1.08 bits per heavy atom. The minimum Gasteiger partial charge on any atom is -0.391 e. The number of halogens is 6. The zero-order valence-corrected chi connectivity index (χ0v) is 22.3. The highest BCUT2D eigenvalue weighted by Gasteiger charge is 2.85. The SMILES string of the molecule is Cc1sc(-c2ccccc2)c(C)c1C1C(c2c(CO)sc(-c3ccccc3)c2C)C(F)(F)C(F)(F)C1(F)F. The van der Waals surface area contributed by atoms with Gasteiger partial charge in [0.1, 0.15) is 0 Å². The highest BCUT2D eigenvalue weighted by atomic mass is 32.1. The maximum atomic E-state index is 15.7. The molecule has 4 aromatic rings. The quantitative estimate of drug-likeness (QED) is 0.239. The largest absolute Gasteiger partial charge is 0.391 e. The summed E-state index contributed by atoms with van der Waals surface area (Å²) >= 11 is 2.09. The summed E-state index contributed by atoms with van der Waals surface area (Å²) in [6.45, 7) is 3.76. The van der Waals surface area contributed by atoms with Crippen LogP contribution in [0.5, 0.6) is 0 Å². The van der Waals surface area contributed by atoms with Crippen molar-refractivity contribution in [3.63, 3.8) is 0 Å². The van der Waals surface area contributed by atoms with Crippen LogP contribution in [0.1, 0.15) is 43.8 Å². The Kier molecular flexibility index (Phi) is 6.56. The van der Waals surface area contributed by atoms with E-state index in [1.54, 1.807) is 60.7 Å². The Labute approximate surface area is 224 Å². The Hall–Kier alpha value is -2.62. The van der Waals surface area contributed by atoms with Gasteiger partial charge in [0.05, 0.1) is 18.4 Å². The summed E-state index contributed by atoms with van der Waals surface area (Å²) in [4.78, 5) is 1.31. The number of benzene rings is 2. The number of aryl methyl sites for hydroxylation is 1. The second-order valence-electron chi connectivity index (χ2n) is 9.58. The van der Waals surface area contributed by atoms with E-state index in [4.69, 9.17) is 0 Å². The Balaban J connectivity index is 1.79. The van der Waals surface area contributed by atoms with Gasteiger partial charge in [0.2, 0.25) is 0 Å². The van der Waals surface area contributed by atoms with E-state index in [2.05, 4.69) is 0 Å². The van der Waals surface area contributed by atoms with E-state index in [9.17, 15) is 5.11 Å². The van der Waals surface area contributed by atoms with E-state index in [0.717, 1.165) is 22.7 Å². The third-order valence-corrected chi connectivity index (χ3v) is 10.1. The van der Waals surface area contributed by atoms with Crippen LogP contribution in [-0.2, 0) is 6.61 Å². The van der Waals surface area contributed by atoms with Gasteiger partial charge in [-0.05, 0) is 54.2 Å². The maximum Gasteiger partial charge on any atom is 0.373 e. The molecule has 9 heteroatoms. The van der Waals surface area contributed by atoms with E-state index < -0.39 is 36.2 Å². The molecule has 1 fully saturated rings. The minimum atomic E-state index is -5.60. The number of hydrogen-bond acceptors (Lipinski definition) is 3. The van der Waals surface area contributed by atoms with Gasteiger partial charge in [-0.15, -0.1) is 22.7 Å². The first-order chi connectivity index (χ1) is 17.9. The Morgan fingerprint density at radius 3 is 1.55 bits per heavy atom. The fourth-order valence-corrected chi connectivity index (χ4v) is 8.12. The molecule has 1 aliphatic rings. The molecule has 1 aliphatic carbocycles. The summed E-state index contributed by atoms with van der Waals surface area (Å²) in [5.41, 5.74) is 1.29. The van der Waals surface area contributed by atoms with Crippen molar-refractivity contribution >= 4 is 22.7 Å². The molecule has 1 N–H and O–H groups in total. The fraction of sp³-hybridized carbons (Fsp3) is 0.310. The van der Waals surface area contributed by atoms with E-state index in [0.29, 0.717) is 20.9 Å². The fourth-order valence-electron chi connectivity index (χ4n) is 5.69. The van der Waals surface area contributed by atoms with Crippen molar-refractivity contribution in [1.29, 1.82) is 0 Å². The van der Waals surface area contributed by atoms with Crippen molar-refractivity contribution in [3.8, 4) is 20.9 Å². The number of rotatable bonds is 5. The van der Waals surface area contributed by atoms with Crippen molar-refractivity contribution < 1.29 is 31.4 Å². The maximum absolute atomic E-state index is 15.7. The standard InChI is InChI=1S/C29H24F6OS2/c1-15-21(17(3)37-25(15)18-10-6-4-7-11-18)23-24(28(32,33)29(34,35)27(23,30)31)22-16(2)26(38-20(22)14-36)19-12-8-5-9-13-19/h4-13,23-24,36H,14H2,1-3H3. The van der Waals surface area contributed by atoms with Crippen LogP contribution in [0, 0.1) is 20.8 Å². The average Bonchev–Trinajstić information content (AvgIpc) is 3.40. The lowest BCUT2D eigenvalue weighted by Crippen LogP contribution is -2.48. The van der Waals surface area contributed by atoms with Crippen molar-refractivity contribution in [1.82, 2.24) is 0 Å². The van der Waals surface area contributed by atoms with Gasteiger partial charge < -0.3 is 5.11 Å². The molecule has 1 nitrogen and oxygen atoms in total. The highest BCUT2D eigenvalue weighted by molar-refractivity contribution is 7.16. The van der Waals surface area contributed by atoms with Gasteiger partial charge in [0.15, 0.2) is 0 Å². The average molecular weight is 567 g/mol. The topological polar surface area (TPSA) is 20.2 Å². The first kappa shape index (κ1) is 27.0. The molecule has 200 valence electrons. The van der Waals surface area contributed by atoms with Crippen LogP contribution in [-0.4, -0.2) is 22.9 Å². The molecule has 0 saturated heterocycles. The van der Waals surface area contributed by atoms with Crippen molar-refractivity contribution in [2.45, 2.75) is 57.0 Å². The van der Waals surface area contributed by atoms with Crippen molar-refractivity contribution in [2.75, 3.05) is 0 Å². The molecule has 0 bridgehead atoms. The van der Waals surface area contributed by atoms with E-state index in [1.165, 1.54) is 20.8 Å². The van der Waals surface area contributed by atoms with Crippen LogP contribution in [0.25, 0.3) is 20.9 Å². The lowest BCUT2D eigenvalue weighted by molar-refractivity contribution is -0.275. The molecule has 2 aromatic carbocycles. The molecule has 0 aliphatic heterocycles. The summed E-state index contributed by atoms with van der Waals surface area (Å²) in [5.74, 6) is -20.8. The highest BCUT2D eigenvalue weighted by Crippen LogP contribution is 2.70. The van der Waals surface area contributed by atoms with Gasteiger partial charge in [-0.1, -0.05) is 60.7 Å². The molecule has 2 heterocycles. The molecule has 38 heavy (non-hydrogen) atoms. The van der Waals surface area contributed by atoms with E-state index in [1.807, 2.05) is 0 Å². The smallest absolute Gasteiger partial charge is 0.373 e. The molecular weight excluding hydrogens is 542 g/mol. The molecule has 0 amide bonds. The van der Waals surface area contributed by atoms with Gasteiger partial charge in [0, 0.05) is 19.5 Å². The van der Waals surface area contributed by atoms with Gasteiger partial charge in [-0.2, -0.15) is 26.3 Å². The normalized spacial score (nSPS) is 21.6. The molecule has 2 unspecified atom stereocenters. The van der Waals surface area contributed by atoms with Crippen LogP contribution in [0.4, 0.5) is 26.3 Å². The van der Waals surface area contributed by atoms with Gasteiger partial charge in [-0.3, -0.25) is 0 Å². The van der Waals surface area contributed by atoms with Gasteiger partial charge in [-0.25, -0.2) is 0 Å². The van der Waals surface area contributed by atoms with E-state index in [-0.39, 0.29) is 32.0 Å². The monoisotopic (exact) mass is 566 g/mol. The van der Waals surface area contributed by atoms with Crippen LogP contribution in [0.3, 0.4) is 0 Å². The molecular formula is C29H24F6OS2. The summed E-state index contributed by atoms with van der Waals surface area (Å²) in [6, 6.07) is 17.5. The Bertz CT molecular complexity index is 1470. The number of aliphatic hydroxyl groups excluding tert-OH is 1. The summed E-state index contributed by atoms with van der Waals surface area (Å²) in [6.07, 6.45) is 0. The number of thiophene rings is 2. The van der Waals surface area contributed by atoms with E-state index >= 15 is 26.3 Å². The van der Waals surface area contributed by atoms with Crippen molar-refractivity contribution in [2.24, 2.45) is 0 Å². The second kappa shape index (κ2) is 9.24.